The molecule has 0 saturated carbocycles. The van der Waals surface area contributed by atoms with Gasteiger partial charge < -0.3 is 14.7 Å². The number of aliphatic carboxylic acids is 1. The second-order valence-corrected chi connectivity index (χ2v) is 7.47. The van der Waals surface area contributed by atoms with Crippen LogP contribution in [0.4, 0.5) is 9.93 Å². The van der Waals surface area contributed by atoms with Crippen LogP contribution < -0.4 is 5.32 Å². The molecular weight excluding hydrogens is 322 g/mol. The number of nitrogens with zero attached hydrogens (tertiary/aromatic N) is 2. The van der Waals surface area contributed by atoms with Gasteiger partial charge in [0.15, 0.2) is 5.13 Å². The average molecular weight is 343 g/mol. The van der Waals surface area contributed by atoms with E-state index in [-0.39, 0.29) is 16.5 Å². The summed E-state index contributed by atoms with van der Waals surface area (Å²) in [5.41, 5.74) is -1.52. The summed E-state index contributed by atoms with van der Waals surface area (Å²) in [5, 5.41) is 17.0. The van der Waals surface area contributed by atoms with E-state index in [9.17, 15) is 14.7 Å². The van der Waals surface area contributed by atoms with Gasteiger partial charge in [-0.25, -0.2) is 14.6 Å². The van der Waals surface area contributed by atoms with Gasteiger partial charge in [0.05, 0.1) is 0 Å². The van der Waals surface area contributed by atoms with Crippen LogP contribution in [0.3, 0.4) is 0 Å². The van der Waals surface area contributed by atoms with Crippen molar-refractivity contribution in [2.45, 2.75) is 52.7 Å². The van der Waals surface area contributed by atoms with Crippen molar-refractivity contribution in [2.24, 2.45) is 5.16 Å². The maximum absolute atomic E-state index is 11.7. The number of carbonyl (C=O) groups is 2. The summed E-state index contributed by atoms with van der Waals surface area (Å²) in [6.45, 7) is 10.4. The van der Waals surface area contributed by atoms with Crippen molar-refractivity contribution >= 4 is 34.2 Å². The lowest BCUT2D eigenvalue weighted by molar-refractivity contribution is -0.129. The quantitative estimate of drug-likeness (QED) is 0.642. The van der Waals surface area contributed by atoms with Crippen molar-refractivity contribution in [1.29, 1.82) is 0 Å². The summed E-state index contributed by atoms with van der Waals surface area (Å²) in [4.78, 5) is 32.1. The Balaban J connectivity index is 2.87. The third kappa shape index (κ3) is 7.09. The predicted octanol–water partition coefficient (Wildman–Crippen LogP) is 3.09. The molecule has 1 amide bonds. The zero-order valence-corrected chi connectivity index (χ0v) is 14.8. The summed E-state index contributed by atoms with van der Waals surface area (Å²) < 4.78 is 5.10. The van der Waals surface area contributed by atoms with Gasteiger partial charge in [0.1, 0.15) is 16.9 Å². The van der Waals surface area contributed by atoms with Crippen molar-refractivity contribution in [3.8, 4) is 0 Å². The van der Waals surface area contributed by atoms with Crippen LogP contribution in [0.15, 0.2) is 10.5 Å². The van der Waals surface area contributed by atoms with Gasteiger partial charge in [-0.05, 0) is 41.5 Å². The van der Waals surface area contributed by atoms with Gasteiger partial charge in [0, 0.05) is 5.38 Å². The Morgan fingerprint density at radius 3 is 2.30 bits per heavy atom. The number of anilines is 1. The van der Waals surface area contributed by atoms with Gasteiger partial charge in [-0.15, -0.1) is 11.3 Å². The van der Waals surface area contributed by atoms with Crippen molar-refractivity contribution in [2.75, 3.05) is 5.32 Å². The summed E-state index contributed by atoms with van der Waals surface area (Å²) >= 11 is 1.06. The molecule has 0 saturated heterocycles. The van der Waals surface area contributed by atoms with Gasteiger partial charge in [-0.2, -0.15) is 0 Å². The molecule has 0 radical (unpaired) electrons. The third-order valence-corrected chi connectivity index (χ3v) is 2.73. The van der Waals surface area contributed by atoms with Crippen LogP contribution in [0.5, 0.6) is 0 Å². The van der Waals surface area contributed by atoms with E-state index in [2.05, 4.69) is 15.5 Å². The maximum atomic E-state index is 11.7. The second-order valence-electron chi connectivity index (χ2n) is 6.61. The van der Waals surface area contributed by atoms with Crippen LogP contribution in [-0.2, 0) is 14.4 Å². The fraction of sp³-hybridized carbons (Fsp3) is 0.571. The molecule has 1 aromatic heterocycles. The second kappa shape index (κ2) is 6.95. The van der Waals surface area contributed by atoms with Crippen molar-refractivity contribution in [3.63, 3.8) is 0 Å². The van der Waals surface area contributed by atoms with Crippen LogP contribution in [0.1, 0.15) is 47.2 Å². The van der Waals surface area contributed by atoms with E-state index in [1.54, 1.807) is 41.5 Å². The van der Waals surface area contributed by atoms with E-state index in [1.807, 2.05) is 0 Å². The SMILES string of the molecule is CC(C)(C)ON=C(C(=O)O)c1csc(NC(=O)OC(C)(C)C)n1. The van der Waals surface area contributed by atoms with E-state index < -0.39 is 23.3 Å². The van der Waals surface area contributed by atoms with E-state index in [1.165, 1.54) is 5.38 Å². The molecule has 0 atom stereocenters. The summed E-state index contributed by atoms with van der Waals surface area (Å²) in [7, 11) is 0. The molecule has 1 heterocycles. The molecule has 0 fully saturated rings. The number of carboxylic acid groups (broad SMARTS) is 1. The average Bonchev–Trinajstić information content (AvgIpc) is 2.72. The van der Waals surface area contributed by atoms with Crippen LogP contribution in [0.2, 0.25) is 0 Å². The molecule has 0 aliphatic rings. The minimum atomic E-state index is -1.27. The Morgan fingerprint density at radius 1 is 1.22 bits per heavy atom. The number of carbonyl (C=O) groups excluding carboxylic acids is 1. The van der Waals surface area contributed by atoms with Crippen molar-refractivity contribution < 1.29 is 24.3 Å². The molecular formula is C14H21N3O5S. The largest absolute Gasteiger partial charge is 0.476 e. The minimum Gasteiger partial charge on any atom is -0.476 e. The molecule has 9 heteroatoms. The number of hydrogen-bond acceptors (Lipinski definition) is 7. The summed E-state index contributed by atoms with van der Waals surface area (Å²) in [5.74, 6) is -1.27. The predicted molar refractivity (Wildman–Crippen MR) is 87.0 cm³/mol. The highest BCUT2D eigenvalue weighted by Gasteiger charge is 2.21. The maximum Gasteiger partial charge on any atom is 0.413 e. The van der Waals surface area contributed by atoms with Crippen molar-refractivity contribution in [3.05, 3.63) is 11.1 Å². The van der Waals surface area contributed by atoms with Crippen LogP contribution >= 0.6 is 11.3 Å². The van der Waals surface area contributed by atoms with E-state index >= 15 is 0 Å². The molecule has 23 heavy (non-hydrogen) atoms. The lowest BCUT2D eigenvalue weighted by Gasteiger charge is -2.18. The number of rotatable bonds is 4. The first-order valence-corrected chi connectivity index (χ1v) is 7.71. The Labute approximate surface area is 138 Å². The molecule has 1 aromatic rings. The molecule has 2 N–H and O–H groups in total. The molecule has 128 valence electrons. The molecule has 0 spiro atoms. The summed E-state index contributed by atoms with van der Waals surface area (Å²) in [6.07, 6.45) is -0.668. The fourth-order valence-electron chi connectivity index (χ4n) is 1.21. The minimum absolute atomic E-state index is 0.0952. The molecule has 0 bridgehead atoms. The first-order chi connectivity index (χ1) is 10.4. The number of oxime groups is 1. The van der Waals surface area contributed by atoms with Gasteiger partial charge in [-0.3, -0.25) is 5.32 Å². The van der Waals surface area contributed by atoms with Crippen LogP contribution in [0.25, 0.3) is 0 Å². The van der Waals surface area contributed by atoms with Crippen LogP contribution in [-0.4, -0.2) is 39.1 Å². The molecule has 0 aliphatic heterocycles. The number of ether oxygens (including phenoxy) is 1. The number of amides is 1. The Hall–Kier alpha value is -2.16. The normalized spacial score (nSPS) is 12.7. The molecule has 1 rings (SSSR count). The zero-order chi connectivity index (χ0) is 17.8. The van der Waals surface area contributed by atoms with E-state index in [0.717, 1.165) is 11.3 Å². The van der Waals surface area contributed by atoms with Gasteiger partial charge in [0.25, 0.3) is 0 Å². The van der Waals surface area contributed by atoms with E-state index in [4.69, 9.17) is 9.57 Å². The number of nitrogens with one attached hydrogen (secondary N) is 1. The van der Waals surface area contributed by atoms with Crippen LogP contribution in [0, 0.1) is 0 Å². The third-order valence-electron chi connectivity index (χ3n) is 1.97. The van der Waals surface area contributed by atoms with Gasteiger partial charge in [0.2, 0.25) is 5.71 Å². The topological polar surface area (TPSA) is 110 Å². The standard InChI is InChI=1S/C14H21N3O5S/c1-13(2,3)21-12(20)16-11-15-8(7-23-11)9(10(18)19)17-22-14(4,5)6/h7H,1-6H3,(H,18,19)(H,15,16,20). The molecule has 0 unspecified atom stereocenters. The molecule has 0 aliphatic carbocycles. The smallest absolute Gasteiger partial charge is 0.413 e. The lowest BCUT2D eigenvalue weighted by Crippen LogP contribution is -2.27. The first kappa shape index (κ1) is 18.9. The Kier molecular flexibility index (Phi) is 5.70. The number of aromatic nitrogens is 1. The number of hydrogen-bond donors (Lipinski definition) is 2. The fourth-order valence-corrected chi connectivity index (χ4v) is 1.89. The summed E-state index contributed by atoms with van der Waals surface area (Å²) in [6, 6.07) is 0. The molecule has 0 aromatic carbocycles. The number of thiazole rings is 1. The molecule has 8 nitrogen and oxygen atoms in total. The Morgan fingerprint density at radius 2 is 1.83 bits per heavy atom. The first-order valence-electron chi connectivity index (χ1n) is 6.83. The van der Waals surface area contributed by atoms with E-state index in [0.29, 0.717) is 0 Å². The highest BCUT2D eigenvalue weighted by atomic mass is 32.1. The zero-order valence-electron chi connectivity index (χ0n) is 14.0. The lowest BCUT2D eigenvalue weighted by atomic mass is 10.2. The van der Waals surface area contributed by atoms with Gasteiger partial charge >= 0.3 is 12.1 Å². The number of carboxylic acids is 1. The highest BCUT2D eigenvalue weighted by Crippen LogP contribution is 2.18. The van der Waals surface area contributed by atoms with Gasteiger partial charge in [-0.1, -0.05) is 5.16 Å². The monoisotopic (exact) mass is 343 g/mol. The Bertz CT molecular complexity index is 611. The highest BCUT2D eigenvalue weighted by molar-refractivity contribution is 7.14. The van der Waals surface area contributed by atoms with Crippen molar-refractivity contribution in [1.82, 2.24) is 4.98 Å².